The summed E-state index contributed by atoms with van der Waals surface area (Å²) in [5.41, 5.74) is 2.63. The molecular formula is C33H32O11. The van der Waals surface area contributed by atoms with Gasteiger partial charge in [0, 0.05) is 6.07 Å². The number of aliphatic hydroxyl groups is 2. The van der Waals surface area contributed by atoms with Crippen LogP contribution in [-0.2, 0) is 9.47 Å². The minimum absolute atomic E-state index is 0.0439. The van der Waals surface area contributed by atoms with Gasteiger partial charge in [0.05, 0.1) is 11.1 Å². The third kappa shape index (κ3) is 9.38. The van der Waals surface area contributed by atoms with Crippen molar-refractivity contribution in [3.63, 3.8) is 0 Å². The Labute approximate surface area is 253 Å². The van der Waals surface area contributed by atoms with Gasteiger partial charge < -0.3 is 44.5 Å². The zero-order valence-electron chi connectivity index (χ0n) is 23.8. The maximum atomic E-state index is 12.2. The van der Waals surface area contributed by atoms with Crippen LogP contribution >= 0.6 is 0 Å². The number of hydrogen-bond donors (Lipinski definition) is 5. The molecule has 0 fully saturated rings. The normalized spacial score (nSPS) is 12.2. The summed E-state index contributed by atoms with van der Waals surface area (Å²) < 4.78 is 21.3. The van der Waals surface area contributed by atoms with Crippen LogP contribution in [0.3, 0.4) is 0 Å². The predicted molar refractivity (Wildman–Crippen MR) is 158 cm³/mol. The second-order valence-electron chi connectivity index (χ2n) is 9.97. The Kier molecular flexibility index (Phi) is 10.6. The largest absolute Gasteiger partial charge is 0.508 e. The van der Waals surface area contributed by atoms with E-state index in [1.54, 1.807) is 37.3 Å². The SMILES string of the molecule is Cc1cc(O)cc(C(=O)OCC(O)COc2ccc(-c3ccc(OCC(O)COC(=O)c4cc(O)cc(O)c4)cc3)cc2)c1. The first-order chi connectivity index (χ1) is 21.0. The van der Waals surface area contributed by atoms with Crippen molar-refractivity contribution in [1.29, 1.82) is 0 Å². The lowest BCUT2D eigenvalue weighted by Crippen LogP contribution is -2.25. The summed E-state index contributed by atoms with van der Waals surface area (Å²) in [6, 6.07) is 22.0. The molecule has 11 nitrogen and oxygen atoms in total. The van der Waals surface area contributed by atoms with Crippen LogP contribution in [0.5, 0.6) is 28.7 Å². The molecule has 0 saturated carbocycles. The van der Waals surface area contributed by atoms with Crippen LogP contribution in [0.2, 0.25) is 0 Å². The Balaban J connectivity index is 1.18. The Morgan fingerprint density at radius 3 is 1.36 bits per heavy atom. The number of benzene rings is 4. The molecule has 0 saturated heterocycles. The molecule has 0 heterocycles. The van der Waals surface area contributed by atoms with E-state index in [-0.39, 0.29) is 54.8 Å². The average Bonchev–Trinajstić information content (AvgIpc) is 3.00. The van der Waals surface area contributed by atoms with Crippen molar-refractivity contribution >= 4 is 11.9 Å². The quantitative estimate of drug-likeness (QED) is 0.140. The standard InChI is InChI=1S/C33H32O11/c1-20-10-23(12-25(34)11-20)32(39)43-18-28(37)16-41-30-6-2-21(3-7-30)22-4-8-31(9-5-22)42-17-29(38)19-44-33(40)24-13-26(35)15-27(36)14-24/h2-15,28-29,34-38H,16-19H2,1H3. The summed E-state index contributed by atoms with van der Waals surface area (Å²) in [6.45, 7) is 0.894. The molecule has 230 valence electrons. The minimum atomic E-state index is -1.11. The van der Waals surface area contributed by atoms with Gasteiger partial charge in [0.2, 0.25) is 0 Å². The van der Waals surface area contributed by atoms with Gasteiger partial charge in [-0.3, -0.25) is 0 Å². The van der Waals surface area contributed by atoms with E-state index in [4.69, 9.17) is 18.9 Å². The van der Waals surface area contributed by atoms with E-state index in [2.05, 4.69) is 0 Å². The van der Waals surface area contributed by atoms with Crippen molar-refractivity contribution in [3.8, 4) is 39.9 Å². The van der Waals surface area contributed by atoms with E-state index < -0.39 is 24.1 Å². The predicted octanol–water partition coefficient (Wildman–Crippen LogP) is 3.97. The van der Waals surface area contributed by atoms with E-state index >= 15 is 0 Å². The number of rotatable bonds is 13. The first-order valence-electron chi connectivity index (χ1n) is 13.6. The van der Waals surface area contributed by atoms with E-state index in [0.717, 1.165) is 29.3 Å². The van der Waals surface area contributed by atoms with Crippen LogP contribution in [0.15, 0.2) is 84.9 Å². The first kappa shape index (κ1) is 31.7. The average molecular weight is 605 g/mol. The number of aryl methyl sites for hydroxylation is 1. The third-order valence-corrected chi connectivity index (χ3v) is 6.18. The summed E-state index contributed by atoms with van der Waals surface area (Å²) in [5, 5.41) is 48.9. The Morgan fingerprint density at radius 1 is 0.568 bits per heavy atom. The second kappa shape index (κ2) is 14.8. The highest BCUT2D eigenvalue weighted by Gasteiger charge is 2.15. The topological polar surface area (TPSA) is 172 Å². The van der Waals surface area contributed by atoms with Crippen molar-refractivity contribution in [1.82, 2.24) is 0 Å². The van der Waals surface area contributed by atoms with Crippen LogP contribution in [-0.4, -0.2) is 76.1 Å². The van der Waals surface area contributed by atoms with Gasteiger partial charge in [0.25, 0.3) is 0 Å². The molecule has 2 atom stereocenters. The molecule has 5 N–H and O–H groups in total. The van der Waals surface area contributed by atoms with Gasteiger partial charge in [-0.1, -0.05) is 24.3 Å². The Hall–Kier alpha value is -5.26. The van der Waals surface area contributed by atoms with Crippen LogP contribution < -0.4 is 9.47 Å². The molecule has 4 rings (SSSR count). The van der Waals surface area contributed by atoms with Crippen molar-refractivity contribution in [3.05, 3.63) is 102 Å². The smallest absolute Gasteiger partial charge is 0.338 e. The molecule has 0 bridgehead atoms. The molecule has 44 heavy (non-hydrogen) atoms. The van der Waals surface area contributed by atoms with Crippen LogP contribution in [0, 0.1) is 6.92 Å². The molecule has 0 radical (unpaired) electrons. The second-order valence-corrected chi connectivity index (χ2v) is 9.97. The zero-order valence-corrected chi connectivity index (χ0v) is 23.8. The van der Waals surface area contributed by atoms with Gasteiger partial charge >= 0.3 is 11.9 Å². The van der Waals surface area contributed by atoms with E-state index in [1.807, 2.05) is 24.3 Å². The number of carbonyl (C=O) groups excluding carboxylic acids is 2. The highest BCUT2D eigenvalue weighted by molar-refractivity contribution is 5.90. The van der Waals surface area contributed by atoms with Gasteiger partial charge in [-0.25, -0.2) is 9.59 Å². The number of esters is 2. The summed E-state index contributed by atoms with van der Waals surface area (Å²) in [7, 11) is 0. The zero-order chi connectivity index (χ0) is 31.6. The Bertz CT molecular complexity index is 1410. The van der Waals surface area contributed by atoms with Crippen LogP contribution in [0.4, 0.5) is 0 Å². The molecule has 0 aromatic heterocycles. The molecular weight excluding hydrogens is 572 g/mol. The molecule has 0 aliphatic rings. The molecule has 11 heteroatoms. The number of aromatic hydroxyl groups is 3. The van der Waals surface area contributed by atoms with Crippen LogP contribution in [0.1, 0.15) is 26.3 Å². The fourth-order valence-corrected chi connectivity index (χ4v) is 4.07. The van der Waals surface area contributed by atoms with Gasteiger partial charge in [-0.05, 0) is 78.2 Å². The van der Waals surface area contributed by atoms with Crippen LogP contribution in [0.25, 0.3) is 11.1 Å². The van der Waals surface area contributed by atoms with Crippen molar-refractivity contribution < 1.29 is 54.1 Å². The lowest BCUT2D eigenvalue weighted by molar-refractivity contribution is 0.0127. The molecule has 2 unspecified atom stereocenters. The number of aliphatic hydroxyl groups excluding tert-OH is 2. The molecule has 0 aliphatic heterocycles. The fraction of sp³-hybridized carbons (Fsp3) is 0.212. The molecule has 0 amide bonds. The highest BCUT2D eigenvalue weighted by Crippen LogP contribution is 2.25. The summed E-state index contributed by atoms with van der Waals surface area (Å²) >= 11 is 0. The third-order valence-electron chi connectivity index (χ3n) is 6.18. The first-order valence-corrected chi connectivity index (χ1v) is 13.6. The fourth-order valence-electron chi connectivity index (χ4n) is 4.07. The van der Waals surface area contributed by atoms with Crippen molar-refractivity contribution in [2.75, 3.05) is 26.4 Å². The van der Waals surface area contributed by atoms with Crippen molar-refractivity contribution in [2.24, 2.45) is 0 Å². The van der Waals surface area contributed by atoms with Gasteiger partial charge in [-0.2, -0.15) is 0 Å². The highest BCUT2D eigenvalue weighted by atomic mass is 16.6. The minimum Gasteiger partial charge on any atom is -0.508 e. The number of ether oxygens (including phenoxy) is 4. The summed E-state index contributed by atoms with van der Waals surface area (Å²) in [4.78, 5) is 24.2. The van der Waals surface area contributed by atoms with Gasteiger partial charge in [-0.15, -0.1) is 0 Å². The van der Waals surface area contributed by atoms with E-state index in [1.165, 1.54) is 12.1 Å². The maximum Gasteiger partial charge on any atom is 0.338 e. The van der Waals surface area contributed by atoms with Gasteiger partial charge in [0.15, 0.2) is 0 Å². The molecule has 4 aromatic rings. The van der Waals surface area contributed by atoms with Gasteiger partial charge in [0.1, 0.15) is 67.4 Å². The lowest BCUT2D eigenvalue weighted by atomic mass is 10.1. The Morgan fingerprint density at radius 2 is 0.955 bits per heavy atom. The summed E-state index contributed by atoms with van der Waals surface area (Å²) in [5.74, 6) is -1.09. The summed E-state index contributed by atoms with van der Waals surface area (Å²) in [6.07, 6.45) is -2.16. The number of carbonyl (C=O) groups is 2. The number of hydrogen-bond acceptors (Lipinski definition) is 11. The molecule has 0 spiro atoms. The van der Waals surface area contributed by atoms with E-state index in [0.29, 0.717) is 17.1 Å². The number of phenolic OH excluding ortho intramolecular Hbond substituents is 3. The maximum absolute atomic E-state index is 12.2. The lowest BCUT2D eigenvalue weighted by Gasteiger charge is -2.14. The molecule has 0 aliphatic carbocycles. The van der Waals surface area contributed by atoms with E-state index in [9.17, 15) is 35.1 Å². The number of phenols is 3. The monoisotopic (exact) mass is 604 g/mol. The van der Waals surface area contributed by atoms with Crippen molar-refractivity contribution in [2.45, 2.75) is 19.1 Å². The molecule has 4 aromatic carbocycles.